The number of alkyl halides is 2. The molecule has 180 valence electrons. The third kappa shape index (κ3) is 4.44. The molecule has 3 aromatic rings. The van der Waals surface area contributed by atoms with Crippen LogP contribution in [0.1, 0.15) is 60.9 Å². The first-order chi connectivity index (χ1) is 16.3. The second kappa shape index (κ2) is 8.86. The highest BCUT2D eigenvalue weighted by Gasteiger charge is 2.35. The molecule has 8 nitrogen and oxygen atoms in total. The minimum absolute atomic E-state index is 0.182. The van der Waals surface area contributed by atoms with Gasteiger partial charge in [0.2, 0.25) is 11.9 Å². The molecule has 0 aromatic carbocycles. The molecule has 34 heavy (non-hydrogen) atoms. The highest BCUT2D eigenvalue weighted by Crippen LogP contribution is 2.34. The van der Waals surface area contributed by atoms with Crippen LogP contribution in [-0.2, 0) is 0 Å². The van der Waals surface area contributed by atoms with Crippen LogP contribution >= 0.6 is 0 Å². The first kappa shape index (κ1) is 22.6. The summed E-state index contributed by atoms with van der Waals surface area (Å²) in [4.78, 5) is 28.4. The molecule has 11 heteroatoms. The Morgan fingerprint density at radius 3 is 2.59 bits per heavy atom. The van der Waals surface area contributed by atoms with Gasteiger partial charge in [-0.1, -0.05) is 0 Å². The monoisotopic (exact) mass is 474 g/mol. The molecule has 2 aliphatic carbocycles. The Hall–Kier alpha value is -3.21. The van der Waals surface area contributed by atoms with E-state index in [1.807, 2.05) is 0 Å². The van der Waals surface area contributed by atoms with Crippen molar-refractivity contribution >= 4 is 28.5 Å². The predicted molar refractivity (Wildman–Crippen MR) is 120 cm³/mol. The molecular formula is C23H25F3N6O2. The van der Waals surface area contributed by atoms with Crippen LogP contribution in [0.25, 0.3) is 11.0 Å². The molecule has 0 unspecified atom stereocenters. The number of fused-ring (bicyclic) bond motifs is 1. The number of aromatic nitrogens is 4. The maximum Gasteiger partial charge on any atom is 0.248 e. The molecule has 0 aliphatic heterocycles. The number of nitrogens with one attached hydrogen (secondary N) is 3. The minimum Gasteiger partial charge on any atom is -0.391 e. The standard InChI is InChI=1S/C23H25F3N6O2/c24-20-13(4-5-17(32-20)30-12-6-8-23(25,26)9-7-12)19(34)14-10-27-21-18(14)22(29-11-28-21)31-15-2-1-3-16(15)33/h4-5,10-12,15-16,33H,1-3,6-9H2,(H,30,32)(H2,27,28,29,31)/t15-,16-/m1/s1. The van der Waals surface area contributed by atoms with Crippen molar-refractivity contribution in [1.82, 2.24) is 19.9 Å². The number of hydrogen-bond acceptors (Lipinski definition) is 7. The van der Waals surface area contributed by atoms with Crippen LogP contribution in [0.15, 0.2) is 24.7 Å². The van der Waals surface area contributed by atoms with E-state index in [4.69, 9.17) is 0 Å². The summed E-state index contributed by atoms with van der Waals surface area (Å²) in [7, 11) is 0. The summed E-state index contributed by atoms with van der Waals surface area (Å²) in [6.45, 7) is 0. The quantitative estimate of drug-likeness (QED) is 0.315. The summed E-state index contributed by atoms with van der Waals surface area (Å²) in [6.07, 6.45) is 4.70. The van der Waals surface area contributed by atoms with Gasteiger partial charge in [0, 0.05) is 25.1 Å². The van der Waals surface area contributed by atoms with Crippen LogP contribution in [0.2, 0.25) is 0 Å². The van der Waals surface area contributed by atoms with Gasteiger partial charge in [-0.2, -0.15) is 4.39 Å². The third-order valence-electron chi connectivity index (χ3n) is 6.68. The highest BCUT2D eigenvalue weighted by molar-refractivity contribution is 6.18. The van der Waals surface area contributed by atoms with Gasteiger partial charge in [0.1, 0.15) is 23.6 Å². The zero-order chi connectivity index (χ0) is 23.9. The molecule has 2 fully saturated rings. The summed E-state index contributed by atoms with van der Waals surface area (Å²) in [5.74, 6) is -3.61. The van der Waals surface area contributed by atoms with E-state index in [1.54, 1.807) is 0 Å². The lowest BCUT2D eigenvalue weighted by Gasteiger charge is -2.29. The number of ketones is 1. The molecule has 4 N–H and O–H groups in total. The number of aromatic amines is 1. The fourth-order valence-corrected chi connectivity index (χ4v) is 4.76. The number of halogens is 3. The summed E-state index contributed by atoms with van der Waals surface area (Å²) in [6, 6.07) is 2.39. The zero-order valence-corrected chi connectivity index (χ0v) is 18.3. The van der Waals surface area contributed by atoms with Crippen LogP contribution in [-0.4, -0.2) is 54.9 Å². The van der Waals surface area contributed by atoms with Gasteiger partial charge in [0.15, 0.2) is 5.78 Å². The molecule has 5 rings (SSSR count). The van der Waals surface area contributed by atoms with E-state index < -0.39 is 23.8 Å². The van der Waals surface area contributed by atoms with Gasteiger partial charge in [-0.25, -0.2) is 23.7 Å². The summed E-state index contributed by atoms with van der Waals surface area (Å²) < 4.78 is 41.6. The minimum atomic E-state index is -2.65. The number of anilines is 2. The molecule has 3 aromatic heterocycles. The van der Waals surface area contributed by atoms with Gasteiger partial charge >= 0.3 is 0 Å². The smallest absolute Gasteiger partial charge is 0.248 e. The highest BCUT2D eigenvalue weighted by atomic mass is 19.3. The summed E-state index contributed by atoms with van der Waals surface area (Å²) in [5.41, 5.74) is 0.368. The van der Waals surface area contributed by atoms with Crippen LogP contribution in [0.3, 0.4) is 0 Å². The molecule has 0 saturated heterocycles. The molecular weight excluding hydrogens is 449 g/mol. The number of H-pyrrole nitrogens is 1. The molecule has 2 atom stereocenters. The molecule has 0 radical (unpaired) electrons. The Balaban J connectivity index is 1.37. The lowest BCUT2D eigenvalue weighted by Crippen LogP contribution is -2.32. The summed E-state index contributed by atoms with van der Waals surface area (Å²) >= 11 is 0. The lowest BCUT2D eigenvalue weighted by molar-refractivity contribution is -0.0361. The van der Waals surface area contributed by atoms with E-state index >= 15 is 0 Å². The van der Waals surface area contributed by atoms with Crippen LogP contribution in [0, 0.1) is 5.95 Å². The SMILES string of the molecule is O=C(c1ccc(NC2CCC(F)(F)CC2)nc1F)c1c[nH]c2ncnc(N[C@@H]3CCC[C@H]3O)c12. The Kier molecular flexibility index (Phi) is 5.88. The van der Waals surface area contributed by atoms with Gasteiger partial charge in [-0.3, -0.25) is 4.79 Å². The third-order valence-corrected chi connectivity index (χ3v) is 6.68. The number of carbonyl (C=O) groups is 1. The largest absolute Gasteiger partial charge is 0.391 e. The lowest BCUT2D eigenvalue weighted by atomic mass is 9.92. The number of carbonyl (C=O) groups excluding carboxylic acids is 1. The van der Waals surface area contributed by atoms with E-state index in [2.05, 4.69) is 30.6 Å². The van der Waals surface area contributed by atoms with Gasteiger partial charge in [-0.05, 0) is 44.2 Å². The Bertz CT molecular complexity index is 1210. The van der Waals surface area contributed by atoms with E-state index in [1.165, 1.54) is 24.7 Å². The van der Waals surface area contributed by atoms with Gasteiger partial charge in [0.05, 0.1) is 28.7 Å². The van der Waals surface area contributed by atoms with Crippen molar-refractivity contribution in [2.45, 2.75) is 69.1 Å². The molecule has 2 aliphatic rings. The summed E-state index contributed by atoms with van der Waals surface area (Å²) in [5, 5.41) is 16.8. The van der Waals surface area contributed by atoms with Gasteiger partial charge in [-0.15, -0.1) is 0 Å². The van der Waals surface area contributed by atoms with Crippen molar-refractivity contribution in [1.29, 1.82) is 0 Å². The van der Waals surface area contributed by atoms with Crippen molar-refractivity contribution in [3.63, 3.8) is 0 Å². The van der Waals surface area contributed by atoms with Gasteiger partial charge < -0.3 is 20.7 Å². The van der Waals surface area contributed by atoms with Crippen molar-refractivity contribution in [3.8, 4) is 0 Å². The number of nitrogens with zero attached hydrogens (tertiary/aromatic N) is 3. The van der Waals surface area contributed by atoms with Crippen LogP contribution < -0.4 is 10.6 Å². The number of pyridine rings is 1. The average Bonchev–Trinajstić information content (AvgIpc) is 3.42. The zero-order valence-electron chi connectivity index (χ0n) is 18.3. The van der Waals surface area contributed by atoms with Crippen LogP contribution in [0.5, 0.6) is 0 Å². The normalized spacial score (nSPS) is 22.7. The van der Waals surface area contributed by atoms with Crippen molar-refractivity contribution in [3.05, 3.63) is 41.7 Å². The Morgan fingerprint density at radius 1 is 1.09 bits per heavy atom. The first-order valence-corrected chi connectivity index (χ1v) is 11.4. The van der Waals surface area contributed by atoms with E-state index in [-0.39, 0.29) is 54.7 Å². The molecule has 2 saturated carbocycles. The maximum absolute atomic E-state index is 14.9. The number of aliphatic hydroxyl groups is 1. The van der Waals surface area contributed by atoms with Crippen molar-refractivity contribution in [2.24, 2.45) is 0 Å². The molecule has 0 bridgehead atoms. The number of rotatable bonds is 6. The van der Waals surface area contributed by atoms with Crippen molar-refractivity contribution < 1.29 is 23.1 Å². The average molecular weight is 474 g/mol. The van der Waals surface area contributed by atoms with E-state index in [0.29, 0.717) is 23.3 Å². The fourth-order valence-electron chi connectivity index (χ4n) is 4.76. The van der Waals surface area contributed by atoms with Crippen LogP contribution in [0.4, 0.5) is 24.8 Å². The number of aliphatic hydroxyl groups excluding tert-OH is 1. The van der Waals surface area contributed by atoms with Crippen molar-refractivity contribution in [2.75, 3.05) is 10.6 Å². The molecule has 0 amide bonds. The number of hydrogen-bond donors (Lipinski definition) is 4. The first-order valence-electron chi connectivity index (χ1n) is 11.4. The Morgan fingerprint density at radius 2 is 1.88 bits per heavy atom. The maximum atomic E-state index is 14.9. The van der Waals surface area contributed by atoms with Gasteiger partial charge in [0.25, 0.3) is 0 Å². The second-order valence-corrected chi connectivity index (χ2v) is 9.04. The van der Waals surface area contributed by atoms with E-state index in [9.17, 15) is 23.1 Å². The molecule has 0 spiro atoms. The van der Waals surface area contributed by atoms with E-state index in [0.717, 1.165) is 12.8 Å². The topological polar surface area (TPSA) is 116 Å². The Labute approximate surface area is 193 Å². The second-order valence-electron chi connectivity index (χ2n) is 9.04. The molecule has 3 heterocycles. The predicted octanol–water partition coefficient (Wildman–Crippen LogP) is 4.04. The fraction of sp³-hybridized carbons (Fsp3) is 0.478.